The molecule has 1 unspecified atom stereocenters. The molecule has 0 rings (SSSR count). The summed E-state index contributed by atoms with van der Waals surface area (Å²) in [6, 6.07) is 0. The Hall–Kier alpha value is -1.10. The molecule has 0 aromatic heterocycles. The molecule has 46 valence electrons. The molecule has 1 amide bonds. The second-order valence-electron chi connectivity index (χ2n) is 1.03. The quantitative estimate of drug-likeness (QED) is 0.300. The van der Waals surface area contributed by atoms with Crippen molar-refractivity contribution >= 4 is 12.4 Å². The van der Waals surface area contributed by atoms with E-state index in [0.29, 0.717) is 0 Å². The van der Waals surface area contributed by atoms with Gasteiger partial charge in [-0.3, -0.25) is 4.79 Å². The van der Waals surface area contributed by atoms with Gasteiger partial charge in [-0.15, -0.1) is 0 Å². The number of carboxylic acids is 1. The van der Waals surface area contributed by atoms with E-state index in [1.807, 2.05) is 0 Å². The van der Waals surface area contributed by atoms with Crippen LogP contribution in [0.4, 0.5) is 0 Å². The topological polar surface area (TPSA) is 86.6 Å². The highest BCUT2D eigenvalue weighted by Gasteiger charge is 2.08. The van der Waals surface area contributed by atoms with Crippen LogP contribution in [-0.2, 0) is 9.59 Å². The van der Waals surface area contributed by atoms with Crippen LogP contribution in [0.25, 0.3) is 0 Å². The Morgan fingerprint density at radius 1 is 1.75 bits per heavy atom. The van der Waals surface area contributed by atoms with Crippen molar-refractivity contribution in [3.05, 3.63) is 0 Å². The summed E-state index contributed by atoms with van der Waals surface area (Å²) in [5.74, 6) is -1.47. The van der Waals surface area contributed by atoms with E-state index in [0.717, 1.165) is 0 Å². The molecule has 0 heterocycles. The van der Waals surface area contributed by atoms with Crippen LogP contribution in [0.3, 0.4) is 0 Å². The molecule has 1 atom stereocenters. The van der Waals surface area contributed by atoms with Gasteiger partial charge in [-0.05, 0) is 0 Å². The lowest BCUT2D eigenvalue weighted by Gasteiger charge is -1.99. The number of amides is 1. The molecule has 5 nitrogen and oxygen atoms in total. The van der Waals surface area contributed by atoms with Gasteiger partial charge in [-0.1, -0.05) is 0 Å². The normalized spacial score (nSPS) is 12.1. The van der Waals surface area contributed by atoms with E-state index < -0.39 is 12.2 Å². The lowest BCUT2D eigenvalue weighted by Crippen LogP contribution is -2.34. The Morgan fingerprint density at radius 2 is 2.25 bits per heavy atom. The molecule has 0 aliphatic heterocycles. The molecule has 0 saturated carbocycles. The Labute approximate surface area is 44.9 Å². The standard InChI is InChI=1S/C3H5NO4/c5-1-4-2(6)3(7)8/h1-2,6H,(H,4,5)(H,7,8). The maximum absolute atomic E-state index is 9.62. The number of rotatable bonds is 3. The fourth-order valence-corrected chi connectivity index (χ4v) is 0.136. The molecule has 0 aromatic carbocycles. The van der Waals surface area contributed by atoms with Crippen molar-refractivity contribution in [2.24, 2.45) is 0 Å². The second-order valence-corrected chi connectivity index (χ2v) is 1.03. The van der Waals surface area contributed by atoms with Crippen molar-refractivity contribution < 1.29 is 19.8 Å². The molecule has 3 N–H and O–H groups in total. The van der Waals surface area contributed by atoms with Crippen molar-refractivity contribution in [1.82, 2.24) is 5.32 Å². The minimum absolute atomic E-state index is 0.110. The number of aliphatic hydroxyl groups excluding tert-OH is 1. The van der Waals surface area contributed by atoms with Gasteiger partial charge in [-0.2, -0.15) is 0 Å². The molecule has 8 heavy (non-hydrogen) atoms. The monoisotopic (exact) mass is 119 g/mol. The lowest BCUT2D eigenvalue weighted by molar-refractivity contribution is -0.149. The van der Waals surface area contributed by atoms with E-state index in [-0.39, 0.29) is 6.41 Å². The van der Waals surface area contributed by atoms with Crippen LogP contribution in [0.5, 0.6) is 0 Å². The number of carboxylic acid groups (broad SMARTS) is 1. The van der Waals surface area contributed by atoms with Gasteiger partial charge in [0.1, 0.15) is 0 Å². The number of hydrogen-bond acceptors (Lipinski definition) is 3. The van der Waals surface area contributed by atoms with Gasteiger partial charge < -0.3 is 15.5 Å². The Morgan fingerprint density at radius 3 is 2.38 bits per heavy atom. The lowest BCUT2D eigenvalue weighted by atomic mass is 10.6. The van der Waals surface area contributed by atoms with Crippen LogP contribution >= 0.6 is 0 Å². The largest absolute Gasteiger partial charge is 0.478 e. The van der Waals surface area contributed by atoms with Crippen molar-refractivity contribution in [2.45, 2.75) is 6.23 Å². The zero-order valence-electron chi connectivity index (χ0n) is 3.87. The number of carbonyl (C=O) groups excluding carboxylic acids is 1. The van der Waals surface area contributed by atoms with Crippen molar-refractivity contribution in [1.29, 1.82) is 0 Å². The summed E-state index contributed by atoms with van der Waals surface area (Å²) in [7, 11) is 0. The average Bonchev–Trinajstić information content (AvgIpc) is 1.67. The van der Waals surface area contributed by atoms with E-state index in [9.17, 15) is 9.59 Å². The van der Waals surface area contributed by atoms with Crippen LogP contribution < -0.4 is 5.32 Å². The molecule has 0 aliphatic rings. The number of aliphatic carboxylic acids is 1. The zero-order valence-corrected chi connectivity index (χ0v) is 3.87. The zero-order chi connectivity index (χ0) is 6.57. The summed E-state index contributed by atoms with van der Waals surface area (Å²) in [5, 5.41) is 17.6. The smallest absolute Gasteiger partial charge is 0.353 e. The molecule has 0 fully saturated rings. The van der Waals surface area contributed by atoms with Gasteiger partial charge in [0.15, 0.2) is 0 Å². The highest BCUT2D eigenvalue weighted by molar-refractivity contribution is 5.74. The molecule has 0 radical (unpaired) electrons. The highest BCUT2D eigenvalue weighted by Crippen LogP contribution is 1.69. The van der Waals surface area contributed by atoms with Gasteiger partial charge in [-0.25, -0.2) is 4.79 Å². The van der Waals surface area contributed by atoms with Crippen molar-refractivity contribution in [3.63, 3.8) is 0 Å². The summed E-state index contributed by atoms with van der Waals surface area (Å²) in [6.45, 7) is 0. The fraction of sp³-hybridized carbons (Fsp3) is 0.333. The molecular weight excluding hydrogens is 114 g/mol. The first-order valence-electron chi connectivity index (χ1n) is 1.79. The van der Waals surface area contributed by atoms with Crippen molar-refractivity contribution in [2.75, 3.05) is 0 Å². The van der Waals surface area contributed by atoms with Crippen molar-refractivity contribution in [3.8, 4) is 0 Å². The first-order valence-corrected chi connectivity index (χ1v) is 1.79. The van der Waals surface area contributed by atoms with Gasteiger partial charge in [0.25, 0.3) is 0 Å². The molecule has 0 aromatic rings. The fourth-order valence-electron chi connectivity index (χ4n) is 0.136. The third-order valence-corrected chi connectivity index (χ3v) is 0.460. The number of nitrogens with one attached hydrogen (secondary N) is 1. The van der Waals surface area contributed by atoms with Gasteiger partial charge >= 0.3 is 5.97 Å². The molecular formula is C3H5NO4. The van der Waals surface area contributed by atoms with Gasteiger partial charge in [0.2, 0.25) is 12.6 Å². The van der Waals surface area contributed by atoms with E-state index in [2.05, 4.69) is 0 Å². The van der Waals surface area contributed by atoms with Crippen LogP contribution in [-0.4, -0.2) is 28.8 Å². The first-order chi connectivity index (χ1) is 3.68. The third-order valence-electron chi connectivity index (χ3n) is 0.460. The average molecular weight is 119 g/mol. The SMILES string of the molecule is O=CNC(O)C(=O)O. The summed E-state index contributed by atoms with van der Waals surface area (Å²) in [5.41, 5.74) is 0. The van der Waals surface area contributed by atoms with Crippen LogP contribution in [0.1, 0.15) is 0 Å². The minimum Gasteiger partial charge on any atom is -0.478 e. The Balaban J connectivity index is 3.46. The predicted molar refractivity (Wildman–Crippen MR) is 22.8 cm³/mol. The molecule has 0 spiro atoms. The first kappa shape index (κ1) is 6.90. The van der Waals surface area contributed by atoms with E-state index in [1.54, 1.807) is 5.32 Å². The van der Waals surface area contributed by atoms with E-state index in [1.165, 1.54) is 0 Å². The second kappa shape index (κ2) is 2.98. The third kappa shape index (κ3) is 2.14. The Bertz CT molecular complexity index is 101. The van der Waals surface area contributed by atoms with E-state index >= 15 is 0 Å². The van der Waals surface area contributed by atoms with Crippen LogP contribution in [0.15, 0.2) is 0 Å². The van der Waals surface area contributed by atoms with Crippen LogP contribution in [0, 0.1) is 0 Å². The molecule has 0 aliphatic carbocycles. The van der Waals surface area contributed by atoms with E-state index in [4.69, 9.17) is 10.2 Å². The maximum Gasteiger partial charge on any atom is 0.353 e. The highest BCUT2D eigenvalue weighted by atomic mass is 16.4. The number of hydrogen-bond donors (Lipinski definition) is 3. The summed E-state index contributed by atoms with van der Waals surface area (Å²) >= 11 is 0. The summed E-state index contributed by atoms with van der Waals surface area (Å²) < 4.78 is 0. The maximum atomic E-state index is 9.62. The molecule has 0 saturated heterocycles. The van der Waals surface area contributed by atoms with Crippen LogP contribution in [0.2, 0.25) is 0 Å². The summed E-state index contributed by atoms with van der Waals surface area (Å²) in [4.78, 5) is 19.0. The minimum atomic E-state index is -1.78. The predicted octanol–water partition coefficient (Wildman–Crippen LogP) is -1.86. The number of carbonyl (C=O) groups is 2. The molecule has 5 heteroatoms. The molecule has 0 bridgehead atoms. The number of aliphatic hydroxyl groups is 1. The van der Waals surface area contributed by atoms with Gasteiger partial charge in [0.05, 0.1) is 0 Å². The van der Waals surface area contributed by atoms with Gasteiger partial charge in [0, 0.05) is 0 Å². The Kier molecular flexibility index (Phi) is 2.57. The summed E-state index contributed by atoms with van der Waals surface area (Å²) in [6.07, 6.45) is -1.67.